The Labute approximate surface area is 178 Å². The molecule has 1 saturated heterocycles. The highest BCUT2D eigenvalue weighted by atomic mass is 35.5. The molecule has 0 unspecified atom stereocenters. The molecule has 30 heavy (non-hydrogen) atoms. The number of rotatable bonds is 3. The number of hydrogen-bond donors (Lipinski definition) is 2. The van der Waals surface area contributed by atoms with Gasteiger partial charge >= 0.3 is 0 Å². The van der Waals surface area contributed by atoms with Crippen LogP contribution in [0.15, 0.2) is 30.3 Å². The van der Waals surface area contributed by atoms with Crippen LogP contribution in [0.25, 0.3) is 10.9 Å². The molecule has 9 heteroatoms. The SMILES string of the molecule is CCc1c(N2CCN(c3n[nH]c4cc(F)ccc34)CC2)ccc2c1C(=O)NC2=O.Cl. The minimum absolute atomic E-state index is 0. The molecule has 5 rings (SSSR count). The van der Waals surface area contributed by atoms with Crippen LogP contribution in [-0.4, -0.2) is 48.2 Å². The van der Waals surface area contributed by atoms with Crippen molar-refractivity contribution in [2.75, 3.05) is 36.0 Å². The molecule has 0 bridgehead atoms. The molecule has 0 spiro atoms. The fourth-order valence-corrected chi connectivity index (χ4v) is 4.35. The number of nitrogens with one attached hydrogen (secondary N) is 2. The number of hydrogen-bond acceptors (Lipinski definition) is 5. The maximum absolute atomic E-state index is 13.4. The molecule has 3 aromatic rings. The lowest BCUT2D eigenvalue weighted by molar-refractivity contribution is 0.0879. The van der Waals surface area contributed by atoms with Gasteiger partial charge in [0.25, 0.3) is 11.8 Å². The van der Waals surface area contributed by atoms with Crippen LogP contribution in [0, 0.1) is 5.82 Å². The van der Waals surface area contributed by atoms with E-state index in [9.17, 15) is 14.0 Å². The summed E-state index contributed by atoms with van der Waals surface area (Å²) in [6, 6.07) is 8.33. The first-order valence-corrected chi connectivity index (χ1v) is 9.72. The molecule has 2 amide bonds. The number of carbonyl (C=O) groups is 2. The van der Waals surface area contributed by atoms with Crippen LogP contribution in [0.3, 0.4) is 0 Å². The first-order chi connectivity index (χ1) is 14.1. The first kappa shape index (κ1) is 20.2. The van der Waals surface area contributed by atoms with Gasteiger partial charge in [0.2, 0.25) is 0 Å². The van der Waals surface area contributed by atoms with E-state index in [1.165, 1.54) is 12.1 Å². The summed E-state index contributed by atoms with van der Waals surface area (Å²) in [5, 5.41) is 10.6. The number of fused-ring (bicyclic) bond motifs is 2. The Morgan fingerprint density at radius 2 is 1.77 bits per heavy atom. The zero-order valence-electron chi connectivity index (χ0n) is 16.4. The molecule has 1 aromatic heterocycles. The van der Waals surface area contributed by atoms with Gasteiger partial charge in [0, 0.05) is 37.3 Å². The molecular formula is C21H21ClFN5O2. The van der Waals surface area contributed by atoms with E-state index in [4.69, 9.17) is 0 Å². The summed E-state index contributed by atoms with van der Waals surface area (Å²) in [5.74, 6) is -0.0893. The predicted octanol–water partition coefficient (Wildman–Crippen LogP) is 2.90. The Balaban J connectivity index is 0.00000218. The lowest BCUT2D eigenvalue weighted by atomic mass is 9.97. The van der Waals surface area contributed by atoms with Crippen LogP contribution in [0.1, 0.15) is 33.2 Å². The molecule has 0 aliphatic carbocycles. The molecule has 1 fully saturated rings. The Hall–Kier alpha value is -3.13. The van der Waals surface area contributed by atoms with Gasteiger partial charge in [-0.15, -0.1) is 12.4 Å². The van der Waals surface area contributed by atoms with Gasteiger partial charge in [-0.25, -0.2) is 4.39 Å². The van der Waals surface area contributed by atoms with Gasteiger partial charge < -0.3 is 9.80 Å². The van der Waals surface area contributed by atoms with Gasteiger partial charge in [-0.2, -0.15) is 5.10 Å². The quantitative estimate of drug-likeness (QED) is 0.626. The topological polar surface area (TPSA) is 81.3 Å². The lowest BCUT2D eigenvalue weighted by Crippen LogP contribution is -2.47. The number of amides is 2. The fraction of sp³-hybridized carbons (Fsp3) is 0.286. The number of aromatic amines is 1. The first-order valence-electron chi connectivity index (χ1n) is 9.72. The van der Waals surface area contributed by atoms with Gasteiger partial charge in [0.15, 0.2) is 5.82 Å². The van der Waals surface area contributed by atoms with Gasteiger partial charge in [-0.3, -0.25) is 20.0 Å². The molecule has 0 saturated carbocycles. The van der Waals surface area contributed by atoms with Gasteiger partial charge in [0.1, 0.15) is 5.82 Å². The van der Waals surface area contributed by atoms with Crippen molar-refractivity contribution in [3.8, 4) is 0 Å². The lowest BCUT2D eigenvalue weighted by Gasteiger charge is -2.37. The minimum atomic E-state index is -0.321. The molecule has 0 radical (unpaired) electrons. The summed E-state index contributed by atoms with van der Waals surface area (Å²) in [7, 11) is 0. The third-order valence-corrected chi connectivity index (χ3v) is 5.77. The number of aromatic nitrogens is 2. The van der Waals surface area contributed by atoms with Crippen molar-refractivity contribution in [1.82, 2.24) is 15.5 Å². The summed E-state index contributed by atoms with van der Waals surface area (Å²) in [4.78, 5) is 28.6. The molecule has 3 heterocycles. The second-order valence-electron chi connectivity index (χ2n) is 7.33. The summed E-state index contributed by atoms with van der Waals surface area (Å²) in [6.45, 7) is 5.03. The Morgan fingerprint density at radius 3 is 2.50 bits per heavy atom. The molecule has 2 N–H and O–H groups in total. The molecule has 2 aromatic carbocycles. The molecule has 2 aliphatic heterocycles. The van der Waals surface area contributed by atoms with E-state index in [-0.39, 0.29) is 30.0 Å². The Bertz CT molecular complexity index is 1150. The number of nitrogens with zero attached hydrogens (tertiary/aromatic N) is 3. The number of benzene rings is 2. The summed E-state index contributed by atoms with van der Waals surface area (Å²) in [5.41, 5.74) is 3.58. The third kappa shape index (κ3) is 3.08. The zero-order valence-corrected chi connectivity index (χ0v) is 17.2. The zero-order chi connectivity index (χ0) is 20.1. The van der Waals surface area contributed by atoms with Crippen LogP contribution in [0.2, 0.25) is 0 Å². The number of imide groups is 1. The monoisotopic (exact) mass is 429 g/mol. The highest BCUT2D eigenvalue weighted by Gasteiger charge is 2.32. The second kappa shape index (κ2) is 7.60. The van der Waals surface area contributed by atoms with Crippen molar-refractivity contribution in [3.63, 3.8) is 0 Å². The van der Waals surface area contributed by atoms with Crippen molar-refractivity contribution >= 4 is 46.6 Å². The molecule has 0 atom stereocenters. The standard InChI is InChI=1S/C21H20FN5O2.ClH/c1-2-13-17(6-5-15-18(13)21(29)23-20(15)28)26-7-9-27(10-8-26)19-14-4-3-12(22)11-16(14)24-25-19;/h3-6,11H,2,7-10H2,1H3,(H,24,25)(H,23,28,29);1H. The van der Waals surface area contributed by atoms with E-state index in [2.05, 4.69) is 25.3 Å². The summed E-state index contributed by atoms with van der Waals surface area (Å²) >= 11 is 0. The van der Waals surface area contributed by atoms with E-state index in [0.29, 0.717) is 23.1 Å². The van der Waals surface area contributed by atoms with E-state index >= 15 is 0 Å². The molecule has 2 aliphatic rings. The predicted molar refractivity (Wildman–Crippen MR) is 115 cm³/mol. The van der Waals surface area contributed by atoms with Crippen molar-refractivity contribution in [2.45, 2.75) is 13.3 Å². The average molecular weight is 430 g/mol. The highest BCUT2D eigenvalue weighted by Crippen LogP contribution is 2.32. The minimum Gasteiger partial charge on any atom is -0.368 e. The number of carbonyl (C=O) groups excluding carboxylic acids is 2. The maximum atomic E-state index is 13.4. The third-order valence-electron chi connectivity index (χ3n) is 5.77. The molecule has 7 nitrogen and oxygen atoms in total. The van der Waals surface area contributed by atoms with E-state index in [1.54, 1.807) is 12.1 Å². The van der Waals surface area contributed by atoms with E-state index in [0.717, 1.165) is 48.6 Å². The van der Waals surface area contributed by atoms with Gasteiger partial charge in [-0.1, -0.05) is 6.92 Å². The van der Waals surface area contributed by atoms with Crippen molar-refractivity contribution in [1.29, 1.82) is 0 Å². The van der Waals surface area contributed by atoms with Gasteiger partial charge in [0.05, 0.1) is 16.6 Å². The van der Waals surface area contributed by atoms with E-state index < -0.39 is 0 Å². The largest absolute Gasteiger partial charge is 0.368 e. The van der Waals surface area contributed by atoms with E-state index in [1.807, 2.05) is 13.0 Å². The average Bonchev–Trinajstić information content (AvgIpc) is 3.27. The number of halogens is 2. The number of H-pyrrole nitrogens is 1. The molecule has 156 valence electrons. The van der Waals surface area contributed by atoms with Crippen molar-refractivity contribution in [2.24, 2.45) is 0 Å². The Morgan fingerprint density at radius 1 is 1.03 bits per heavy atom. The smallest absolute Gasteiger partial charge is 0.259 e. The number of anilines is 2. The number of piperazine rings is 1. The van der Waals surface area contributed by atoms with Crippen LogP contribution < -0.4 is 15.1 Å². The second-order valence-corrected chi connectivity index (χ2v) is 7.33. The fourth-order valence-electron chi connectivity index (χ4n) is 4.35. The van der Waals surface area contributed by atoms with Crippen LogP contribution in [0.5, 0.6) is 0 Å². The normalized spacial score (nSPS) is 15.9. The summed E-state index contributed by atoms with van der Waals surface area (Å²) < 4.78 is 13.4. The van der Waals surface area contributed by atoms with Crippen LogP contribution >= 0.6 is 12.4 Å². The summed E-state index contributed by atoms with van der Waals surface area (Å²) in [6.07, 6.45) is 0.676. The molecular weight excluding hydrogens is 409 g/mol. The van der Waals surface area contributed by atoms with Crippen LogP contribution in [0.4, 0.5) is 15.9 Å². The van der Waals surface area contributed by atoms with Crippen LogP contribution in [-0.2, 0) is 6.42 Å². The van der Waals surface area contributed by atoms with Gasteiger partial charge in [-0.05, 0) is 42.3 Å². The Kier molecular flexibility index (Phi) is 5.11. The highest BCUT2D eigenvalue weighted by molar-refractivity contribution is 6.22. The van der Waals surface area contributed by atoms with Crippen molar-refractivity contribution < 1.29 is 14.0 Å². The maximum Gasteiger partial charge on any atom is 0.259 e. The van der Waals surface area contributed by atoms with Crippen molar-refractivity contribution in [3.05, 3.63) is 52.8 Å².